The Morgan fingerprint density at radius 1 is 0.340 bits per heavy atom. The van der Waals surface area contributed by atoms with Crippen LogP contribution >= 0.6 is 0 Å². The summed E-state index contributed by atoms with van der Waals surface area (Å²) in [5.74, 6) is 7.36. The molecule has 288 valence electrons. The van der Waals surface area contributed by atoms with Crippen LogP contribution in [0.1, 0.15) is 209 Å². The van der Waals surface area contributed by atoms with Gasteiger partial charge >= 0.3 is 0 Å². The number of nitrogens with zero attached hydrogens (tertiary/aromatic N) is 2. The minimum Gasteiger partial charge on any atom is -0.294 e. The van der Waals surface area contributed by atoms with Crippen molar-refractivity contribution in [1.82, 2.24) is 9.80 Å². The van der Waals surface area contributed by atoms with Gasteiger partial charge in [0.25, 0.3) is 0 Å². The second kappa shape index (κ2) is 16.0. The molecule has 0 aromatic heterocycles. The predicted molar refractivity (Wildman–Crippen MR) is 215 cm³/mol. The van der Waals surface area contributed by atoms with Crippen LogP contribution in [0.3, 0.4) is 0 Å². The average Bonchev–Trinajstić information content (AvgIpc) is 3.10. The third kappa shape index (κ3) is 8.13. The molecule has 7 saturated carbocycles. The van der Waals surface area contributed by atoms with E-state index in [9.17, 15) is 0 Å². The lowest BCUT2D eigenvalue weighted by molar-refractivity contribution is -0.165. The highest BCUT2D eigenvalue weighted by Crippen LogP contribution is 2.60. The first-order chi connectivity index (χ1) is 23.9. The molecule has 0 aromatic rings. The minimum atomic E-state index is 0.435. The van der Waals surface area contributed by atoms with Gasteiger partial charge in [-0.05, 0) is 174 Å². The molecule has 2 heteroatoms. The largest absolute Gasteiger partial charge is 0.294 e. The summed E-state index contributed by atoms with van der Waals surface area (Å²) in [4.78, 5) is 6.93. The first-order valence-corrected chi connectivity index (χ1v) is 23.4. The van der Waals surface area contributed by atoms with Crippen molar-refractivity contribution in [2.24, 2.45) is 58.2 Å². The second-order valence-corrected chi connectivity index (χ2v) is 22.7. The second-order valence-electron chi connectivity index (χ2n) is 22.7. The van der Waals surface area contributed by atoms with Gasteiger partial charge in [0.2, 0.25) is 0 Å². The van der Waals surface area contributed by atoms with E-state index in [1.807, 2.05) is 0 Å². The molecule has 0 N–H and O–H groups in total. The van der Waals surface area contributed by atoms with Gasteiger partial charge in [0.1, 0.15) is 0 Å². The third-order valence-electron chi connectivity index (χ3n) is 17.6. The van der Waals surface area contributed by atoms with E-state index in [0.717, 1.165) is 83.6 Å². The zero-order chi connectivity index (χ0) is 35.2. The molecule has 7 fully saturated rings. The van der Waals surface area contributed by atoms with Crippen LogP contribution in [-0.2, 0) is 0 Å². The highest BCUT2D eigenvalue weighted by Gasteiger charge is 2.60. The van der Waals surface area contributed by atoms with Gasteiger partial charge in [-0.3, -0.25) is 9.80 Å². The number of hydrogen-bond donors (Lipinski definition) is 0. The standard InChI is InChI=1S/C48H86N2/c1-33-19-25-39(26-20-33)49(37-15-11-9-12-16-37)45-41-29-23-36(48(6,7)8)32-44(41)46(42-30-24-35(31-43(42)45)47(3,4)5)50(38-17-13-10-14-18-38)40-27-21-34(2)22-28-40/h33-46H,9-32H2,1-8H3. The Balaban J connectivity index is 1.34. The lowest BCUT2D eigenvalue weighted by Gasteiger charge is -2.66. The van der Waals surface area contributed by atoms with Crippen molar-refractivity contribution in [3.8, 4) is 0 Å². The molecule has 0 aliphatic heterocycles. The van der Waals surface area contributed by atoms with Gasteiger partial charge in [-0.15, -0.1) is 0 Å². The molecule has 0 saturated heterocycles. The molecule has 0 bridgehead atoms. The van der Waals surface area contributed by atoms with Crippen molar-refractivity contribution >= 4 is 0 Å². The molecule has 0 aromatic carbocycles. The Kier molecular flexibility index (Phi) is 12.2. The van der Waals surface area contributed by atoms with E-state index in [1.165, 1.54) is 154 Å². The van der Waals surface area contributed by atoms with Crippen molar-refractivity contribution in [3.63, 3.8) is 0 Å². The van der Waals surface area contributed by atoms with E-state index in [0.29, 0.717) is 10.8 Å². The molecule has 7 aliphatic rings. The molecule has 50 heavy (non-hydrogen) atoms. The maximum atomic E-state index is 3.46. The van der Waals surface area contributed by atoms with Gasteiger partial charge in [-0.25, -0.2) is 0 Å². The van der Waals surface area contributed by atoms with Crippen LogP contribution in [0, 0.1) is 58.2 Å². The average molecular weight is 691 g/mol. The normalized spacial score (nSPS) is 43.1. The summed E-state index contributed by atoms with van der Waals surface area (Å²) >= 11 is 0. The van der Waals surface area contributed by atoms with Gasteiger partial charge in [0.05, 0.1) is 0 Å². The van der Waals surface area contributed by atoms with Crippen molar-refractivity contribution in [2.75, 3.05) is 0 Å². The fourth-order valence-electron chi connectivity index (χ4n) is 14.6. The fourth-order valence-corrected chi connectivity index (χ4v) is 14.6. The van der Waals surface area contributed by atoms with Crippen LogP contribution in [0.25, 0.3) is 0 Å². The molecule has 0 spiro atoms. The molecular weight excluding hydrogens is 605 g/mol. The van der Waals surface area contributed by atoms with E-state index in [4.69, 9.17) is 0 Å². The molecule has 0 radical (unpaired) electrons. The zero-order valence-electron chi connectivity index (χ0n) is 34.9. The van der Waals surface area contributed by atoms with Gasteiger partial charge < -0.3 is 0 Å². The summed E-state index contributed by atoms with van der Waals surface area (Å²) in [5, 5.41) is 0. The third-order valence-corrected chi connectivity index (χ3v) is 17.6. The first-order valence-electron chi connectivity index (χ1n) is 23.4. The summed E-state index contributed by atoms with van der Waals surface area (Å²) in [5.41, 5.74) is 0.870. The van der Waals surface area contributed by atoms with E-state index >= 15 is 0 Å². The lowest BCUT2D eigenvalue weighted by Crippen LogP contribution is -2.69. The molecular formula is C48H86N2. The summed E-state index contributed by atoms with van der Waals surface area (Å²) in [6.07, 6.45) is 36.0. The monoisotopic (exact) mass is 691 g/mol. The summed E-state index contributed by atoms with van der Waals surface area (Å²) in [6.45, 7) is 20.8. The highest BCUT2D eigenvalue weighted by molar-refractivity contribution is 5.12. The van der Waals surface area contributed by atoms with Crippen molar-refractivity contribution < 1.29 is 0 Å². The van der Waals surface area contributed by atoms with Crippen LogP contribution < -0.4 is 0 Å². The zero-order valence-corrected chi connectivity index (χ0v) is 34.9. The quantitative estimate of drug-likeness (QED) is 0.274. The van der Waals surface area contributed by atoms with E-state index < -0.39 is 0 Å². The van der Waals surface area contributed by atoms with Gasteiger partial charge in [0.15, 0.2) is 0 Å². The molecule has 0 heterocycles. The van der Waals surface area contributed by atoms with E-state index in [-0.39, 0.29) is 0 Å². The van der Waals surface area contributed by atoms with Crippen molar-refractivity contribution in [1.29, 1.82) is 0 Å². The number of hydrogen-bond acceptors (Lipinski definition) is 2. The molecule has 8 unspecified atom stereocenters. The van der Waals surface area contributed by atoms with Gasteiger partial charge in [-0.2, -0.15) is 0 Å². The summed E-state index contributed by atoms with van der Waals surface area (Å²) in [7, 11) is 0. The summed E-state index contributed by atoms with van der Waals surface area (Å²) < 4.78 is 0. The predicted octanol–water partition coefficient (Wildman–Crippen LogP) is 13.3. The minimum absolute atomic E-state index is 0.435. The molecule has 0 amide bonds. The van der Waals surface area contributed by atoms with Crippen LogP contribution in [0.5, 0.6) is 0 Å². The molecule has 8 atom stereocenters. The maximum Gasteiger partial charge on any atom is 0.0164 e. The van der Waals surface area contributed by atoms with Crippen LogP contribution in [0.4, 0.5) is 0 Å². The maximum absolute atomic E-state index is 3.46. The number of rotatable bonds is 6. The Hall–Kier alpha value is -0.0800. The Morgan fingerprint density at radius 3 is 0.980 bits per heavy atom. The highest BCUT2D eigenvalue weighted by atomic mass is 15.3. The van der Waals surface area contributed by atoms with Crippen LogP contribution in [0.2, 0.25) is 0 Å². The fraction of sp³-hybridized carbons (Fsp3) is 1.00. The Labute approximate surface area is 312 Å². The van der Waals surface area contributed by atoms with E-state index in [2.05, 4.69) is 65.2 Å². The van der Waals surface area contributed by atoms with Crippen LogP contribution in [-0.4, -0.2) is 46.1 Å². The molecule has 2 nitrogen and oxygen atoms in total. The molecule has 7 aliphatic carbocycles. The Bertz CT molecular complexity index is 955. The summed E-state index contributed by atoms with van der Waals surface area (Å²) in [6, 6.07) is 5.18. The van der Waals surface area contributed by atoms with Gasteiger partial charge in [-0.1, -0.05) is 93.9 Å². The first kappa shape index (κ1) is 38.2. The smallest absolute Gasteiger partial charge is 0.0164 e. The van der Waals surface area contributed by atoms with Gasteiger partial charge in [0, 0.05) is 36.3 Å². The van der Waals surface area contributed by atoms with Crippen LogP contribution in [0.15, 0.2) is 0 Å². The SMILES string of the molecule is CC1CCC(N(C2CCCCC2)C2C3CCC(C(C)(C)C)CC3C(N(C3CCCCC3)C3CCC(C)CC3)C3CCC(C(C)(C)C)CC32)CC1. The van der Waals surface area contributed by atoms with E-state index in [1.54, 1.807) is 0 Å². The Morgan fingerprint density at radius 2 is 0.660 bits per heavy atom. The lowest BCUT2D eigenvalue weighted by atomic mass is 9.49. The molecule has 7 rings (SSSR count). The van der Waals surface area contributed by atoms with Crippen molar-refractivity contribution in [3.05, 3.63) is 0 Å². The number of fused-ring (bicyclic) bond motifs is 2. The van der Waals surface area contributed by atoms with Crippen molar-refractivity contribution in [2.45, 2.75) is 246 Å². The topological polar surface area (TPSA) is 6.48 Å².